The van der Waals surface area contributed by atoms with Gasteiger partial charge in [-0.1, -0.05) is 29.8 Å². The highest BCUT2D eigenvalue weighted by Gasteiger charge is 2.15. The number of nitrogens with zero attached hydrogens (tertiary/aromatic N) is 1. The van der Waals surface area contributed by atoms with Crippen molar-refractivity contribution in [3.63, 3.8) is 0 Å². The molecule has 0 atom stereocenters. The first-order valence-corrected chi connectivity index (χ1v) is 6.72. The molecular weight excluding hydrogens is 301 g/mol. The third-order valence-corrected chi connectivity index (χ3v) is 3.27. The Morgan fingerprint density at radius 2 is 1.90 bits per heavy atom. The minimum atomic E-state index is -0.474. The summed E-state index contributed by atoms with van der Waals surface area (Å²) in [6.45, 7) is 0.0847. The van der Waals surface area contributed by atoms with E-state index in [1.54, 1.807) is 18.2 Å². The Labute approximate surface area is 126 Å². The maximum atomic E-state index is 11.0. The van der Waals surface area contributed by atoms with Crippen molar-refractivity contribution < 1.29 is 9.66 Å². The fourth-order valence-corrected chi connectivity index (χ4v) is 2.13. The SMILES string of the molecule is O=[N+]([O-])c1cc(Cl)ccc1COc1ccccc1CCl. The van der Waals surface area contributed by atoms with E-state index in [2.05, 4.69) is 0 Å². The molecule has 0 heterocycles. The molecule has 0 bridgehead atoms. The van der Waals surface area contributed by atoms with Crippen LogP contribution in [0, 0.1) is 10.1 Å². The monoisotopic (exact) mass is 311 g/mol. The maximum absolute atomic E-state index is 11.0. The van der Waals surface area contributed by atoms with Crippen molar-refractivity contribution in [2.45, 2.75) is 12.5 Å². The number of hydrogen-bond donors (Lipinski definition) is 0. The Morgan fingerprint density at radius 3 is 2.60 bits per heavy atom. The van der Waals surface area contributed by atoms with Crippen molar-refractivity contribution in [3.8, 4) is 5.75 Å². The van der Waals surface area contributed by atoms with Crippen LogP contribution in [0.4, 0.5) is 5.69 Å². The number of ether oxygens (including phenoxy) is 1. The van der Waals surface area contributed by atoms with Crippen LogP contribution in [-0.2, 0) is 12.5 Å². The van der Waals surface area contributed by atoms with E-state index in [4.69, 9.17) is 27.9 Å². The lowest BCUT2D eigenvalue weighted by atomic mass is 10.2. The zero-order chi connectivity index (χ0) is 14.5. The molecule has 0 aromatic heterocycles. The molecule has 0 saturated heterocycles. The van der Waals surface area contributed by atoms with E-state index >= 15 is 0 Å². The molecule has 0 N–H and O–H groups in total. The van der Waals surface area contributed by atoms with E-state index < -0.39 is 4.92 Å². The first kappa shape index (κ1) is 14.6. The summed E-state index contributed by atoms with van der Waals surface area (Å²) in [6.07, 6.45) is 0. The molecule has 20 heavy (non-hydrogen) atoms. The largest absolute Gasteiger partial charge is 0.488 e. The number of rotatable bonds is 5. The molecule has 0 aliphatic carbocycles. The zero-order valence-corrected chi connectivity index (χ0v) is 11.9. The van der Waals surface area contributed by atoms with Crippen molar-refractivity contribution in [1.29, 1.82) is 0 Å². The molecule has 2 rings (SSSR count). The molecule has 104 valence electrons. The summed E-state index contributed by atoms with van der Waals surface area (Å²) in [4.78, 5) is 10.5. The summed E-state index contributed by atoms with van der Waals surface area (Å²) in [5.41, 5.74) is 1.25. The number of benzene rings is 2. The number of para-hydroxylation sites is 1. The van der Waals surface area contributed by atoms with Gasteiger partial charge in [0.25, 0.3) is 5.69 Å². The molecule has 0 aliphatic rings. The van der Waals surface area contributed by atoms with Gasteiger partial charge in [-0.15, -0.1) is 11.6 Å². The Kier molecular flexibility index (Phi) is 4.82. The van der Waals surface area contributed by atoms with Crippen LogP contribution in [0.2, 0.25) is 5.02 Å². The van der Waals surface area contributed by atoms with E-state index in [-0.39, 0.29) is 12.3 Å². The van der Waals surface area contributed by atoms with Crippen molar-refractivity contribution in [2.24, 2.45) is 0 Å². The minimum Gasteiger partial charge on any atom is -0.488 e. The molecule has 2 aromatic carbocycles. The van der Waals surface area contributed by atoms with Gasteiger partial charge in [0.2, 0.25) is 0 Å². The molecule has 2 aromatic rings. The summed E-state index contributed by atoms with van der Waals surface area (Å²) in [7, 11) is 0. The molecular formula is C14H11Cl2NO3. The Hall–Kier alpha value is -1.78. The lowest BCUT2D eigenvalue weighted by Crippen LogP contribution is -2.01. The van der Waals surface area contributed by atoms with Crippen LogP contribution in [0.1, 0.15) is 11.1 Å². The van der Waals surface area contributed by atoms with Gasteiger partial charge < -0.3 is 4.74 Å². The van der Waals surface area contributed by atoms with Crippen molar-refractivity contribution in [2.75, 3.05) is 0 Å². The fraction of sp³-hybridized carbons (Fsp3) is 0.143. The zero-order valence-electron chi connectivity index (χ0n) is 10.4. The predicted molar refractivity (Wildman–Crippen MR) is 78.4 cm³/mol. The average molecular weight is 312 g/mol. The number of nitro groups is 1. The Balaban J connectivity index is 2.21. The lowest BCUT2D eigenvalue weighted by molar-refractivity contribution is -0.385. The second-order valence-electron chi connectivity index (χ2n) is 4.06. The van der Waals surface area contributed by atoms with Gasteiger partial charge >= 0.3 is 0 Å². The van der Waals surface area contributed by atoms with Gasteiger partial charge in [-0.25, -0.2) is 0 Å². The molecule has 0 unspecified atom stereocenters. The smallest absolute Gasteiger partial charge is 0.277 e. The van der Waals surface area contributed by atoms with Crippen LogP contribution in [0.25, 0.3) is 0 Å². The highest BCUT2D eigenvalue weighted by molar-refractivity contribution is 6.30. The van der Waals surface area contributed by atoms with E-state index in [1.165, 1.54) is 6.07 Å². The second kappa shape index (κ2) is 6.59. The summed E-state index contributed by atoms with van der Waals surface area (Å²) in [5, 5.41) is 11.3. The lowest BCUT2D eigenvalue weighted by Gasteiger charge is -2.10. The molecule has 0 fully saturated rings. The van der Waals surface area contributed by atoms with Crippen LogP contribution >= 0.6 is 23.2 Å². The first-order valence-electron chi connectivity index (χ1n) is 5.81. The molecule has 0 saturated carbocycles. The van der Waals surface area contributed by atoms with Crippen molar-refractivity contribution in [1.82, 2.24) is 0 Å². The van der Waals surface area contributed by atoms with Gasteiger partial charge in [0, 0.05) is 16.7 Å². The number of alkyl halides is 1. The maximum Gasteiger partial charge on any atom is 0.277 e. The van der Waals surface area contributed by atoms with Crippen LogP contribution in [-0.4, -0.2) is 4.92 Å². The summed E-state index contributed by atoms with van der Waals surface area (Å²) in [6, 6.07) is 11.8. The van der Waals surface area contributed by atoms with Crippen molar-refractivity contribution in [3.05, 3.63) is 68.7 Å². The van der Waals surface area contributed by atoms with Crippen LogP contribution in [0.5, 0.6) is 5.75 Å². The average Bonchev–Trinajstić information content (AvgIpc) is 2.46. The summed E-state index contributed by atoms with van der Waals surface area (Å²) < 4.78 is 5.61. The van der Waals surface area contributed by atoms with Crippen LogP contribution in [0.3, 0.4) is 0 Å². The minimum absolute atomic E-state index is 0.0548. The van der Waals surface area contributed by atoms with E-state index in [0.717, 1.165) is 5.56 Å². The second-order valence-corrected chi connectivity index (χ2v) is 4.76. The highest BCUT2D eigenvalue weighted by Crippen LogP contribution is 2.26. The van der Waals surface area contributed by atoms with E-state index in [0.29, 0.717) is 22.2 Å². The molecule has 0 spiro atoms. The predicted octanol–water partition coefficient (Wildman–Crippen LogP) is 4.57. The standard InChI is InChI=1S/C14H11Cl2NO3/c15-8-10-3-1-2-4-14(10)20-9-11-5-6-12(16)7-13(11)17(18)19/h1-7H,8-9H2. The van der Waals surface area contributed by atoms with E-state index in [1.807, 2.05) is 18.2 Å². The number of nitro benzene ring substituents is 1. The van der Waals surface area contributed by atoms with Gasteiger partial charge in [-0.05, 0) is 18.2 Å². The van der Waals surface area contributed by atoms with Gasteiger partial charge in [-0.2, -0.15) is 0 Å². The van der Waals surface area contributed by atoms with Gasteiger partial charge in [0.1, 0.15) is 12.4 Å². The molecule has 4 nitrogen and oxygen atoms in total. The molecule has 0 radical (unpaired) electrons. The normalized spacial score (nSPS) is 10.3. The van der Waals surface area contributed by atoms with Gasteiger partial charge in [-0.3, -0.25) is 10.1 Å². The van der Waals surface area contributed by atoms with Crippen LogP contribution in [0.15, 0.2) is 42.5 Å². The quantitative estimate of drug-likeness (QED) is 0.462. The Bertz CT molecular complexity index is 632. The van der Waals surface area contributed by atoms with E-state index in [9.17, 15) is 10.1 Å². The number of hydrogen-bond acceptors (Lipinski definition) is 3. The topological polar surface area (TPSA) is 52.4 Å². The third kappa shape index (κ3) is 3.40. The first-order chi connectivity index (χ1) is 9.61. The summed E-state index contributed by atoms with van der Waals surface area (Å²) in [5.74, 6) is 0.936. The molecule has 0 aliphatic heterocycles. The van der Waals surface area contributed by atoms with Gasteiger partial charge in [0.05, 0.1) is 16.4 Å². The van der Waals surface area contributed by atoms with Crippen molar-refractivity contribution >= 4 is 28.9 Å². The highest BCUT2D eigenvalue weighted by atomic mass is 35.5. The molecule has 6 heteroatoms. The van der Waals surface area contributed by atoms with Gasteiger partial charge in [0.15, 0.2) is 0 Å². The Morgan fingerprint density at radius 1 is 1.15 bits per heavy atom. The molecule has 0 amide bonds. The summed E-state index contributed by atoms with van der Waals surface area (Å²) >= 11 is 11.6. The fourth-order valence-electron chi connectivity index (χ4n) is 1.74. The number of halogens is 2. The van der Waals surface area contributed by atoms with Crippen LogP contribution < -0.4 is 4.74 Å². The third-order valence-electron chi connectivity index (χ3n) is 2.74.